The molecule has 1 amide bonds. The Kier molecular flexibility index (Phi) is 11.1. The Labute approximate surface area is 318 Å². The summed E-state index contributed by atoms with van der Waals surface area (Å²) in [5.41, 5.74) is 7.64. The summed E-state index contributed by atoms with van der Waals surface area (Å²) in [4.78, 5) is 14.8. The lowest BCUT2D eigenvalue weighted by Gasteiger charge is -2.27. The van der Waals surface area contributed by atoms with Crippen molar-refractivity contribution in [3.8, 4) is 11.4 Å². The van der Waals surface area contributed by atoms with E-state index in [0.717, 1.165) is 47.3 Å². The number of amides is 1. The number of fused-ring (bicyclic) bond motifs is 2. The Bertz CT molecular complexity index is 2270. The maximum atomic E-state index is 12.7. The quantitative estimate of drug-likeness (QED) is 0.0631. The molecule has 3 aromatic carbocycles. The van der Waals surface area contributed by atoms with Crippen LogP contribution in [-0.4, -0.2) is 63.2 Å². The van der Waals surface area contributed by atoms with E-state index in [2.05, 4.69) is 112 Å². The van der Waals surface area contributed by atoms with Crippen LogP contribution in [0.3, 0.4) is 0 Å². The molecule has 0 aliphatic carbocycles. The molecule has 2 aliphatic heterocycles. The predicted molar refractivity (Wildman–Crippen MR) is 211 cm³/mol. The van der Waals surface area contributed by atoms with Gasteiger partial charge in [0.2, 0.25) is 17.4 Å². The number of aromatic nitrogens is 4. The van der Waals surface area contributed by atoms with E-state index >= 15 is 0 Å². The second-order valence-electron chi connectivity index (χ2n) is 14.9. The van der Waals surface area contributed by atoms with Gasteiger partial charge >= 0.3 is 0 Å². The zero-order chi connectivity index (χ0) is 38.7. The van der Waals surface area contributed by atoms with Gasteiger partial charge in [0.1, 0.15) is 7.05 Å². The lowest BCUT2D eigenvalue weighted by molar-refractivity contribution is -0.401. The minimum Gasteiger partial charge on any atom is -0.352 e. The zero-order valence-corrected chi connectivity index (χ0v) is 32.6. The fourth-order valence-corrected chi connectivity index (χ4v) is 7.91. The van der Waals surface area contributed by atoms with Crippen molar-refractivity contribution in [2.24, 2.45) is 0 Å². The van der Waals surface area contributed by atoms with Crippen LogP contribution in [0.25, 0.3) is 11.4 Å². The number of benzene rings is 3. The summed E-state index contributed by atoms with van der Waals surface area (Å²) in [6.45, 7) is 11.5. The molecule has 0 fully saturated rings. The number of nitrogens with zero attached hydrogens (tertiary/aromatic N) is 6. The molecule has 0 saturated carbocycles. The Morgan fingerprint density at radius 1 is 0.870 bits per heavy atom. The summed E-state index contributed by atoms with van der Waals surface area (Å²) >= 11 is 0. The lowest BCUT2D eigenvalue weighted by atomic mass is 9.81. The molecule has 54 heavy (non-hydrogen) atoms. The van der Waals surface area contributed by atoms with Crippen LogP contribution in [0.5, 0.6) is 0 Å². The second-order valence-corrected chi connectivity index (χ2v) is 16.3. The molecule has 6 rings (SSSR count). The molecule has 2 N–H and O–H groups in total. The molecular formula is C42H48N7O4S+. The summed E-state index contributed by atoms with van der Waals surface area (Å²) in [5, 5.41) is 19.0. The highest BCUT2D eigenvalue weighted by Crippen LogP contribution is 2.48. The van der Waals surface area contributed by atoms with Crippen LogP contribution in [0.2, 0.25) is 0 Å². The summed E-state index contributed by atoms with van der Waals surface area (Å²) in [6, 6.07) is 20.9. The molecular weight excluding hydrogens is 699 g/mol. The highest BCUT2D eigenvalue weighted by atomic mass is 32.2. The standard InChI is InChI=1S/C42H47N7O4S/c1-29-44-46-40(47-45-29)31-22-20-30(21-23-31)28-43-39(50)19-11-8-14-26-49-36-25-24-32(54(51,52)53)27-34(36)42(4,5)38(49)18-10-7-9-17-37-41(2,3)33-15-12-13-16-35(33)48(37)6/h7,9-10,12-13,15-18,20-25,27H,8,11,14,19,26,28H2,1-6H3,(H-,43,50,51,52,53)/p+1. The molecule has 0 spiro atoms. The molecule has 12 heteroatoms. The topological polar surface area (TPSA) is 141 Å². The number of carbonyl (C=O) groups is 1. The highest BCUT2D eigenvalue weighted by Gasteiger charge is 2.43. The van der Waals surface area contributed by atoms with Gasteiger partial charge in [-0.1, -0.05) is 81.0 Å². The van der Waals surface area contributed by atoms with Crippen LogP contribution in [0, 0.1) is 6.92 Å². The molecule has 0 radical (unpaired) electrons. The van der Waals surface area contributed by atoms with Crippen LogP contribution >= 0.6 is 0 Å². The highest BCUT2D eigenvalue weighted by molar-refractivity contribution is 7.85. The van der Waals surface area contributed by atoms with Crippen molar-refractivity contribution < 1.29 is 22.3 Å². The number of hydrogen-bond acceptors (Lipinski definition) is 8. The van der Waals surface area contributed by atoms with Gasteiger partial charge < -0.3 is 10.2 Å². The molecule has 11 nitrogen and oxygen atoms in total. The van der Waals surface area contributed by atoms with Crippen molar-refractivity contribution in [2.75, 3.05) is 18.5 Å². The van der Waals surface area contributed by atoms with E-state index in [0.29, 0.717) is 31.2 Å². The van der Waals surface area contributed by atoms with Gasteiger partial charge in [0.15, 0.2) is 11.5 Å². The van der Waals surface area contributed by atoms with E-state index in [1.807, 2.05) is 36.4 Å². The third kappa shape index (κ3) is 8.09. The molecule has 3 heterocycles. The number of hydrogen-bond donors (Lipinski definition) is 2. The SMILES string of the molecule is Cc1nnc(-c2ccc(CNC(=O)CCCCCN3C(=CC=CC=CC4=[N+](C)c5ccccc5C4(C)C)C(C)(C)c4cc(S(=O)(=O)O)ccc43)cc2)nn1. The fourth-order valence-electron chi connectivity index (χ4n) is 7.40. The molecule has 0 unspecified atom stereocenters. The number of allylic oxidation sites excluding steroid dienone is 6. The average molecular weight is 747 g/mol. The van der Waals surface area contributed by atoms with Crippen LogP contribution in [-0.2, 0) is 32.3 Å². The molecule has 0 bridgehead atoms. The van der Waals surface area contributed by atoms with E-state index in [4.69, 9.17) is 0 Å². The molecule has 0 atom stereocenters. The predicted octanol–water partition coefficient (Wildman–Crippen LogP) is 7.17. The molecule has 280 valence electrons. The van der Waals surface area contributed by atoms with Gasteiger partial charge in [0.25, 0.3) is 10.1 Å². The van der Waals surface area contributed by atoms with Crippen LogP contribution in [0.1, 0.15) is 75.9 Å². The van der Waals surface area contributed by atoms with Crippen molar-refractivity contribution >= 4 is 33.1 Å². The van der Waals surface area contributed by atoms with Gasteiger partial charge in [-0.15, -0.1) is 20.4 Å². The number of rotatable bonds is 13. The summed E-state index contributed by atoms with van der Waals surface area (Å²) < 4.78 is 36.2. The van der Waals surface area contributed by atoms with E-state index in [-0.39, 0.29) is 16.2 Å². The first-order valence-corrected chi connectivity index (χ1v) is 19.7. The fraction of sp³-hybridized carbons (Fsp3) is 0.333. The minimum absolute atomic E-state index is 0.00672. The zero-order valence-electron chi connectivity index (χ0n) is 31.7. The number of aryl methyl sites for hydroxylation is 1. The third-order valence-electron chi connectivity index (χ3n) is 10.4. The van der Waals surface area contributed by atoms with E-state index in [1.165, 1.54) is 23.0 Å². The largest absolute Gasteiger partial charge is 0.352 e. The maximum Gasteiger partial charge on any atom is 0.294 e. The number of nitrogens with one attached hydrogen (secondary N) is 1. The van der Waals surface area contributed by atoms with Gasteiger partial charge in [0.05, 0.1) is 10.3 Å². The van der Waals surface area contributed by atoms with Gasteiger partial charge in [-0.2, -0.15) is 13.0 Å². The van der Waals surface area contributed by atoms with Gasteiger partial charge in [-0.05, 0) is 69.0 Å². The Hall–Kier alpha value is -5.33. The molecule has 1 aromatic heterocycles. The summed E-state index contributed by atoms with van der Waals surface area (Å²) in [5.74, 6) is 0.958. The monoisotopic (exact) mass is 746 g/mol. The Morgan fingerprint density at radius 3 is 2.30 bits per heavy atom. The lowest BCUT2D eigenvalue weighted by Crippen LogP contribution is -2.27. The van der Waals surface area contributed by atoms with Gasteiger partial charge in [-0.3, -0.25) is 9.35 Å². The number of anilines is 1. The maximum absolute atomic E-state index is 12.7. The Balaban J connectivity index is 1.08. The van der Waals surface area contributed by atoms with Gasteiger partial charge in [-0.25, -0.2) is 0 Å². The van der Waals surface area contributed by atoms with Crippen LogP contribution < -0.4 is 10.2 Å². The average Bonchev–Trinajstić information content (AvgIpc) is 3.47. The summed E-state index contributed by atoms with van der Waals surface area (Å²) in [6.07, 6.45) is 13.2. The normalized spacial score (nSPS) is 16.8. The van der Waals surface area contributed by atoms with Crippen molar-refractivity contribution in [1.82, 2.24) is 25.7 Å². The van der Waals surface area contributed by atoms with E-state index in [9.17, 15) is 17.8 Å². The van der Waals surface area contributed by atoms with Crippen LogP contribution in [0.4, 0.5) is 11.4 Å². The number of carbonyl (C=O) groups excluding carboxylic acids is 1. The molecule has 4 aromatic rings. The molecule has 2 aliphatic rings. The van der Waals surface area contributed by atoms with E-state index in [1.54, 1.807) is 19.1 Å². The summed E-state index contributed by atoms with van der Waals surface area (Å²) in [7, 11) is -2.26. The first kappa shape index (κ1) is 38.4. The number of para-hydroxylation sites is 1. The van der Waals surface area contributed by atoms with Crippen molar-refractivity contribution in [3.05, 3.63) is 125 Å². The molecule has 0 saturated heterocycles. The van der Waals surface area contributed by atoms with Crippen molar-refractivity contribution in [3.63, 3.8) is 0 Å². The first-order chi connectivity index (χ1) is 25.7. The Morgan fingerprint density at radius 2 is 1.59 bits per heavy atom. The smallest absolute Gasteiger partial charge is 0.294 e. The van der Waals surface area contributed by atoms with Crippen molar-refractivity contribution in [2.45, 2.75) is 82.6 Å². The van der Waals surface area contributed by atoms with E-state index < -0.39 is 15.5 Å². The third-order valence-corrected chi connectivity index (χ3v) is 11.2. The first-order valence-electron chi connectivity index (χ1n) is 18.2. The van der Waals surface area contributed by atoms with Gasteiger partial charge in [0, 0.05) is 59.6 Å². The number of unbranched alkanes of at least 4 members (excludes halogenated alkanes) is 2. The minimum atomic E-state index is -4.36. The van der Waals surface area contributed by atoms with Crippen molar-refractivity contribution in [1.29, 1.82) is 0 Å². The van der Waals surface area contributed by atoms with Crippen LogP contribution in [0.15, 0.2) is 108 Å². The second kappa shape index (κ2) is 15.6.